The van der Waals surface area contributed by atoms with E-state index in [-0.39, 0.29) is 24.0 Å². The van der Waals surface area contributed by atoms with Crippen LogP contribution in [0, 0.1) is 12.8 Å². The molecule has 2 aromatic carbocycles. The van der Waals surface area contributed by atoms with E-state index in [1.165, 1.54) is 5.56 Å². The van der Waals surface area contributed by atoms with E-state index >= 15 is 0 Å². The number of guanidine groups is 1. The Bertz CT molecular complexity index is 1050. The summed E-state index contributed by atoms with van der Waals surface area (Å²) in [6.07, 6.45) is 2.78. The third kappa shape index (κ3) is 7.17. The number of halogens is 1. The van der Waals surface area contributed by atoms with Crippen molar-refractivity contribution in [2.75, 3.05) is 26.4 Å². The minimum absolute atomic E-state index is 0. The lowest BCUT2D eigenvalue weighted by atomic mass is 10.1. The molecule has 182 valence electrons. The zero-order valence-electron chi connectivity index (χ0n) is 19.7. The largest absolute Gasteiger partial charge is 0.493 e. The summed E-state index contributed by atoms with van der Waals surface area (Å²) in [5, 5.41) is 15.0. The minimum Gasteiger partial charge on any atom is -0.493 e. The van der Waals surface area contributed by atoms with E-state index in [4.69, 9.17) is 14.5 Å². The van der Waals surface area contributed by atoms with Crippen LogP contribution in [0.5, 0.6) is 5.75 Å². The van der Waals surface area contributed by atoms with Crippen LogP contribution >= 0.6 is 24.0 Å². The Balaban J connectivity index is 0.00000324. The minimum atomic E-state index is 0. The lowest BCUT2D eigenvalue weighted by Crippen LogP contribution is -2.37. The molecule has 0 aliphatic carbocycles. The van der Waals surface area contributed by atoms with E-state index < -0.39 is 0 Å². The van der Waals surface area contributed by atoms with Crippen LogP contribution in [-0.2, 0) is 17.8 Å². The molecule has 3 aromatic rings. The molecule has 8 nitrogen and oxygen atoms in total. The van der Waals surface area contributed by atoms with Gasteiger partial charge in [0, 0.05) is 30.3 Å². The van der Waals surface area contributed by atoms with E-state index in [1.807, 2.05) is 41.8 Å². The van der Waals surface area contributed by atoms with Crippen molar-refractivity contribution in [3.8, 4) is 11.4 Å². The number of aromatic nitrogens is 3. The smallest absolute Gasteiger partial charge is 0.191 e. The second-order valence-electron chi connectivity index (χ2n) is 8.15. The van der Waals surface area contributed by atoms with Crippen LogP contribution in [0.2, 0.25) is 0 Å². The maximum Gasteiger partial charge on any atom is 0.191 e. The number of rotatable bonds is 9. The van der Waals surface area contributed by atoms with Gasteiger partial charge in [0.25, 0.3) is 0 Å². The molecule has 1 aliphatic heterocycles. The summed E-state index contributed by atoms with van der Waals surface area (Å²) in [7, 11) is 0. The molecule has 1 unspecified atom stereocenters. The first-order valence-electron chi connectivity index (χ1n) is 11.5. The summed E-state index contributed by atoms with van der Waals surface area (Å²) in [6.45, 7) is 8.18. The van der Waals surface area contributed by atoms with Crippen molar-refractivity contribution < 1.29 is 9.47 Å². The standard InChI is InChI=1S/C25H32N6O2.HI/c1-3-26-25(28-15-24-30-29-18-31(24)22-7-5-4-6-8-22)27-14-21-10-9-19(2)13-23(21)33-17-20-11-12-32-16-20;/h4-10,13,18,20H,3,11-12,14-17H2,1-2H3,(H2,26,27,28);1H. The van der Waals surface area contributed by atoms with Gasteiger partial charge in [0.1, 0.15) is 12.1 Å². The highest BCUT2D eigenvalue weighted by Gasteiger charge is 2.17. The third-order valence-corrected chi connectivity index (χ3v) is 5.54. The van der Waals surface area contributed by atoms with E-state index in [0.717, 1.165) is 55.0 Å². The van der Waals surface area contributed by atoms with Gasteiger partial charge in [-0.1, -0.05) is 30.3 Å². The van der Waals surface area contributed by atoms with Crippen molar-refractivity contribution in [3.05, 3.63) is 71.8 Å². The maximum absolute atomic E-state index is 6.17. The fourth-order valence-corrected chi connectivity index (χ4v) is 3.70. The average Bonchev–Trinajstić information content (AvgIpc) is 3.53. The molecule has 0 radical (unpaired) electrons. The molecular formula is C25H33IN6O2. The molecule has 0 bridgehead atoms. The van der Waals surface area contributed by atoms with E-state index in [9.17, 15) is 0 Å². The van der Waals surface area contributed by atoms with Crippen molar-refractivity contribution in [2.24, 2.45) is 10.9 Å². The summed E-state index contributed by atoms with van der Waals surface area (Å²) in [5.41, 5.74) is 3.25. The second kappa shape index (κ2) is 13.3. The van der Waals surface area contributed by atoms with Gasteiger partial charge in [-0.25, -0.2) is 4.99 Å². The summed E-state index contributed by atoms with van der Waals surface area (Å²) >= 11 is 0. The SMILES string of the molecule is CCNC(=NCc1ccc(C)cc1OCC1CCOC1)NCc1nncn1-c1ccccc1.I. The predicted molar refractivity (Wildman–Crippen MR) is 144 cm³/mol. The number of ether oxygens (including phenoxy) is 2. The van der Waals surface area contributed by atoms with Crippen molar-refractivity contribution >= 4 is 29.9 Å². The lowest BCUT2D eigenvalue weighted by Gasteiger charge is -2.15. The molecular weight excluding hydrogens is 543 g/mol. The second-order valence-corrected chi connectivity index (χ2v) is 8.15. The van der Waals surface area contributed by atoms with E-state index in [0.29, 0.717) is 25.6 Å². The highest BCUT2D eigenvalue weighted by atomic mass is 127. The van der Waals surface area contributed by atoms with Crippen molar-refractivity contribution in [2.45, 2.75) is 33.4 Å². The Morgan fingerprint density at radius 1 is 1.21 bits per heavy atom. The van der Waals surface area contributed by atoms with Crippen LogP contribution in [-0.4, -0.2) is 47.1 Å². The van der Waals surface area contributed by atoms with Crippen LogP contribution in [0.4, 0.5) is 0 Å². The number of para-hydroxylation sites is 1. The van der Waals surface area contributed by atoms with Crippen LogP contribution in [0.15, 0.2) is 59.9 Å². The third-order valence-electron chi connectivity index (χ3n) is 5.54. The van der Waals surface area contributed by atoms with Crippen LogP contribution < -0.4 is 15.4 Å². The van der Waals surface area contributed by atoms with Gasteiger partial charge in [0.2, 0.25) is 0 Å². The molecule has 1 aliphatic rings. The van der Waals surface area contributed by atoms with Gasteiger partial charge in [-0.05, 0) is 44.0 Å². The Kier molecular flexibility index (Phi) is 10.1. The van der Waals surface area contributed by atoms with Gasteiger partial charge in [-0.3, -0.25) is 4.57 Å². The molecule has 1 aromatic heterocycles. The number of nitrogens with one attached hydrogen (secondary N) is 2. The number of aliphatic imine (C=N–C) groups is 1. The number of aryl methyl sites for hydroxylation is 1. The fourth-order valence-electron chi connectivity index (χ4n) is 3.70. The van der Waals surface area contributed by atoms with Crippen LogP contribution in [0.1, 0.15) is 30.3 Å². The van der Waals surface area contributed by atoms with Gasteiger partial charge in [0.15, 0.2) is 11.8 Å². The Hall–Kier alpha value is -2.66. The first-order chi connectivity index (χ1) is 16.2. The van der Waals surface area contributed by atoms with Gasteiger partial charge in [-0.2, -0.15) is 0 Å². The number of hydrogen-bond acceptors (Lipinski definition) is 5. The zero-order valence-corrected chi connectivity index (χ0v) is 22.1. The molecule has 1 atom stereocenters. The lowest BCUT2D eigenvalue weighted by molar-refractivity contribution is 0.166. The molecule has 34 heavy (non-hydrogen) atoms. The summed E-state index contributed by atoms with van der Waals surface area (Å²) in [5.74, 6) is 2.88. The Morgan fingerprint density at radius 3 is 2.82 bits per heavy atom. The molecule has 2 N–H and O–H groups in total. The van der Waals surface area contributed by atoms with Gasteiger partial charge in [0.05, 0.1) is 26.3 Å². The maximum atomic E-state index is 6.17. The van der Waals surface area contributed by atoms with Gasteiger partial charge >= 0.3 is 0 Å². The van der Waals surface area contributed by atoms with Crippen molar-refractivity contribution in [1.29, 1.82) is 0 Å². The topological polar surface area (TPSA) is 85.6 Å². The number of nitrogens with zero attached hydrogens (tertiary/aromatic N) is 4. The Labute approximate surface area is 218 Å². The monoisotopic (exact) mass is 576 g/mol. The zero-order chi connectivity index (χ0) is 22.9. The molecule has 1 saturated heterocycles. The van der Waals surface area contributed by atoms with Gasteiger partial charge in [-0.15, -0.1) is 34.2 Å². The predicted octanol–water partition coefficient (Wildman–Crippen LogP) is 3.86. The summed E-state index contributed by atoms with van der Waals surface area (Å²) < 4.78 is 13.6. The molecule has 9 heteroatoms. The van der Waals surface area contributed by atoms with Crippen molar-refractivity contribution in [3.63, 3.8) is 0 Å². The Morgan fingerprint density at radius 2 is 2.06 bits per heavy atom. The summed E-state index contributed by atoms with van der Waals surface area (Å²) in [6, 6.07) is 16.3. The fraction of sp³-hybridized carbons (Fsp3) is 0.400. The number of benzene rings is 2. The molecule has 0 saturated carbocycles. The highest BCUT2D eigenvalue weighted by Crippen LogP contribution is 2.23. The van der Waals surface area contributed by atoms with Crippen LogP contribution in [0.25, 0.3) is 5.69 Å². The highest BCUT2D eigenvalue weighted by molar-refractivity contribution is 14.0. The molecule has 0 amide bonds. The van der Waals surface area contributed by atoms with Gasteiger partial charge < -0.3 is 20.1 Å². The normalized spacial score (nSPS) is 15.6. The quantitative estimate of drug-likeness (QED) is 0.229. The van der Waals surface area contributed by atoms with Crippen LogP contribution in [0.3, 0.4) is 0 Å². The number of hydrogen-bond donors (Lipinski definition) is 2. The first-order valence-corrected chi connectivity index (χ1v) is 11.5. The van der Waals surface area contributed by atoms with E-state index in [1.54, 1.807) is 6.33 Å². The molecule has 2 heterocycles. The van der Waals surface area contributed by atoms with Crippen molar-refractivity contribution in [1.82, 2.24) is 25.4 Å². The molecule has 1 fully saturated rings. The average molecular weight is 576 g/mol. The molecule has 0 spiro atoms. The summed E-state index contributed by atoms with van der Waals surface area (Å²) in [4.78, 5) is 4.79. The first kappa shape index (κ1) is 26.0. The molecule has 4 rings (SSSR count). The van der Waals surface area contributed by atoms with E-state index in [2.05, 4.69) is 46.0 Å².